The molecule has 0 unspecified atom stereocenters. The third kappa shape index (κ3) is 4.94. The summed E-state index contributed by atoms with van der Waals surface area (Å²) in [5.41, 5.74) is 0. The van der Waals surface area contributed by atoms with Gasteiger partial charge in [-0.2, -0.15) is 0 Å². The predicted molar refractivity (Wildman–Crippen MR) is 59.7 cm³/mol. The van der Waals surface area contributed by atoms with Crippen molar-refractivity contribution in [2.45, 2.75) is 25.8 Å². The Labute approximate surface area is 94.5 Å². The lowest BCUT2D eigenvalue weighted by atomic mass is 10.1. The summed E-state index contributed by atoms with van der Waals surface area (Å²) in [5, 5.41) is 5.81. The van der Waals surface area contributed by atoms with E-state index in [9.17, 15) is 4.79 Å². The first-order valence-corrected chi connectivity index (χ1v) is 5.45. The zero-order valence-corrected chi connectivity index (χ0v) is 9.56. The van der Waals surface area contributed by atoms with Gasteiger partial charge in [-0.15, -0.1) is 0 Å². The van der Waals surface area contributed by atoms with E-state index in [4.69, 9.17) is 21.7 Å². The minimum Gasteiger partial charge on any atom is -0.450 e. The van der Waals surface area contributed by atoms with Gasteiger partial charge in [0.25, 0.3) is 0 Å². The van der Waals surface area contributed by atoms with Gasteiger partial charge in [0.1, 0.15) is 0 Å². The van der Waals surface area contributed by atoms with Crippen LogP contribution in [0.15, 0.2) is 0 Å². The highest BCUT2D eigenvalue weighted by Crippen LogP contribution is 2.05. The Balaban J connectivity index is 2.19. The Morgan fingerprint density at radius 1 is 1.53 bits per heavy atom. The highest BCUT2D eigenvalue weighted by atomic mass is 32.1. The fourth-order valence-electron chi connectivity index (χ4n) is 1.32. The van der Waals surface area contributed by atoms with Gasteiger partial charge in [-0.1, -0.05) is 0 Å². The van der Waals surface area contributed by atoms with Gasteiger partial charge in [-0.25, -0.2) is 4.79 Å². The number of carbonyl (C=O) groups excluding carboxylic acids is 1. The molecular formula is C9H16N2O3S. The van der Waals surface area contributed by atoms with E-state index in [0.717, 1.165) is 26.1 Å². The van der Waals surface area contributed by atoms with Crippen molar-refractivity contribution >= 4 is 23.4 Å². The topological polar surface area (TPSA) is 59.6 Å². The maximum Gasteiger partial charge on any atom is 0.413 e. The molecular weight excluding hydrogens is 216 g/mol. The summed E-state index contributed by atoms with van der Waals surface area (Å²) in [4.78, 5) is 11.0. The number of ether oxygens (including phenoxy) is 2. The normalized spacial score (nSPS) is 16.9. The van der Waals surface area contributed by atoms with Crippen LogP contribution in [0.3, 0.4) is 0 Å². The molecule has 15 heavy (non-hydrogen) atoms. The average Bonchev–Trinajstić information content (AvgIpc) is 2.19. The predicted octanol–water partition coefficient (Wildman–Crippen LogP) is 0.786. The smallest absolute Gasteiger partial charge is 0.413 e. The number of hydrogen-bond acceptors (Lipinski definition) is 4. The van der Waals surface area contributed by atoms with Crippen molar-refractivity contribution in [3.63, 3.8) is 0 Å². The van der Waals surface area contributed by atoms with Crippen LogP contribution in [0.2, 0.25) is 0 Å². The van der Waals surface area contributed by atoms with E-state index in [1.807, 2.05) is 0 Å². The van der Waals surface area contributed by atoms with Crippen molar-refractivity contribution < 1.29 is 14.3 Å². The molecule has 0 radical (unpaired) electrons. The van der Waals surface area contributed by atoms with E-state index in [0.29, 0.717) is 11.7 Å². The molecule has 6 heteroatoms. The highest BCUT2D eigenvalue weighted by Gasteiger charge is 2.15. The first-order valence-electron chi connectivity index (χ1n) is 5.04. The fourth-order valence-corrected chi connectivity index (χ4v) is 1.57. The third-order valence-corrected chi connectivity index (χ3v) is 2.27. The fraction of sp³-hybridized carbons (Fsp3) is 0.778. The van der Waals surface area contributed by atoms with Gasteiger partial charge in [0.05, 0.1) is 6.61 Å². The van der Waals surface area contributed by atoms with Crippen molar-refractivity contribution in [3.05, 3.63) is 0 Å². The second-order valence-corrected chi connectivity index (χ2v) is 3.61. The van der Waals surface area contributed by atoms with E-state index >= 15 is 0 Å². The summed E-state index contributed by atoms with van der Waals surface area (Å²) < 4.78 is 9.91. The van der Waals surface area contributed by atoms with Crippen LogP contribution in [-0.2, 0) is 9.47 Å². The molecule has 5 nitrogen and oxygen atoms in total. The second-order valence-electron chi connectivity index (χ2n) is 3.21. The number of nitrogens with one attached hydrogen (secondary N) is 2. The van der Waals surface area contributed by atoms with Gasteiger partial charge in [-0.05, 0) is 32.0 Å². The van der Waals surface area contributed by atoms with Gasteiger partial charge in [0.15, 0.2) is 5.11 Å². The molecule has 1 heterocycles. The summed E-state index contributed by atoms with van der Waals surface area (Å²) >= 11 is 4.96. The van der Waals surface area contributed by atoms with Gasteiger partial charge < -0.3 is 14.8 Å². The monoisotopic (exact) mass is 232 g/mol. The van der Waals surface area contributed by atoms with Crippen LogP contribution in [0.25, 0.3) is 0 Å². The van der Waals surface area contributed by atoms with Crippen LogP contribution in [0.1, 0.15) is 19.8 Å². The minimum absolute atomic E-state index is 0.285. The molecule has 1 rings (SSSR count). The quantitative estimate of drug-likeness (QED) is 0.689. The van der Waals surface area contributed by atoms with Crippen molar-refractivity contribution in [3.8, 4) is 0 Å². The average molecular weight is 232 g/mol. The van der Waals surface area contributed by atoms with E-state index in [1.165, 1.54) is 0 Å². The molecule has 1 fully saturated rings. The van der Waals surface area contributed by atoms with Gasteiger partial charge >= 0.3 is 6.09 Å². The number of hydrogen-bond donors (Lipinski definition) is 2. The Morgan fingerprint density at radius 3 is 2.80 bits per heavy atom. The molecule has 0 atom stereocenters. The zero-order valence-electron chi connectivity index (χ0n) is 8.75. The van der Waals surface area contributed by atoms with Crippen molar-refractivity contribution in [2.75, 3.05) is 19.8 Å². The number of alkyl carbamates (subject to hydrolysis) is 1. The van der Waals surface area contributed by atoms with Crippen LogP contribution >= 0.6 is 12.2 Å². The SMILES string of the molecule is CCOC(=O)NC(=S)NC1CCOCC1. The second kappa shape index (κ2) is 6.58. The number of thiocarbonyl (C=S) groups is 1. The Hall–Kier alpha value is -0.880. The molecule has 0 aromatic heterocycles. The molecule has 1 saturated heterocycles. The Morgan fingerprint density at radius 2 is 2.20 bits per heavy atom. The summed E-state index contributed by atoms with van der Waals surface area (Å²) in [6.45, 7) is 3.56. The van der Waals surface area contributed by atoms with Crippen molar-refractivity contribution in [1.82, 2.24) is 10.6 Å². The molecule has 0 aromatic rings. The molecule has 0 spiro atoms. The van der Waals surface area contributed by atoms with E-state index in [2.05, 4.69) is 10.6 Å². The molecule has 0 saturated carbocycles. The maximum atomic E-state index is 11.0. The minimum atomic E-state index is -0.512. The number of amides is 1. The number of carbonyl (C=O) groups is 1. The van der Waals surface area contributed by atoms with Gasteiger partial charge in [0.2, 0.25) is 0 Å². The summed E-state index contributed by atoms with van der Waals surface area (Å²) in [6.07, 6.45) is 1.30. The molecule has 0 bridgehead atoms. The van der Waals surface area contributed by atoms with Crippen LogP contribution in [0.4, 0.5) is 4.79 Å². The van der Waals surface area contributed by atoms with Crippen molar-refractivity contribution in [1.29, 1.82) is 0 Å². The summed E-state index contributed by atoms with van der Waals surface area (Å²) in [5.74, 6) is 0. The maximum absolute atomic E-state index is 11.0. The lowest BCUT2D eigenvalue weighted by Crippen LogP contribution is -2.46. The molecule has 86 valence electrons. The zero-order chi connectivity index (χ0) is 11.1. The van der Waals surface area contributed by atoms with Gasteiger partial charge in [-0.3, -0.25) is 5.32 Å². The summed E-state index contributed by atoms with van der Waals surface area (Å²) in [7, 11) is 0. The first-order chi connectivity index (χ1) is 7.22. The van der Waals surface area contributed by atoms with E-state index < -0.39 is 6.09 Å². The standard InChI is InChI=1S/C9H16N2O3S/c1-2-14-9(12)11-8(15)10-7-3-5-13-6-4-7/h7H,2-6H2,1H3,(H2,10,11,12,15). The van der Waals surface area contributed by atoms with Crippen LogP contribution in [-0.4, -0.2) is 37.1 Å². The van der Waals surface area contributed by atoms with Crippen molar-refractivity contribution in [2.24, 2.45) is 0 Å². The Bertz CT molecular complexity index is 229. The lowest BCUT2D eigenvalue weighted by Gasteiger charge is -2.24. The third-order valence-electron chi connectivity index (χ3n) is 2.05. The van der Waals surface area contributed by atoms with Crippen LogP contribution in [0.5, 0.6) is 0 Å². The van der Waals surface area contributed by atoms with E-state index in [-0.39, 0.29) is 6.04 Å². The Kier molecular flexibility index (Phi) is 5.34. The molecule has 0 aromatic carbocycles. The highest BCUT2D eigenvalue weighted by molar-refractivity contribution is 7.80. The first kappa shape index (κ1) is 12.2. The number of rotatable bonds is 2. The molecule has 1 aliphatic rings. The lowest BCUT2D eigenvalue weighted by molar-refractivity contribution is 0.0823. The van der Waals surface area contributed by atoms with Crippen LogP contribution in [0, 0.1) is 0 Å². The molecule has 2 N–H and O–H groups in total. The molecule has 0 aliphatic carbocycles. The molecule has 1 aliphatic heterocycles. The summed E-state index contributed by atoms with van der Waals surface area (Å²) in [6, 6.07) is 0.285. The molecule has 1 amide bonds. The van der Waals surface area contributed by atoms with E-state index in [1.54, 1.807) is 6.92 Å². The van der Waals surface area contributed by atoms with Gasteiger partial charge in [0, 0.05) is 19.3 Å². The largest absolute Gasteiger partial charge is 0.450 e. The van der Waals surface area contributed by atoms with Crippen LogP contribution < -0.4 is 10.6 Å².